The molecule has 0 bridgehead atoms. The summed E-state index contributed by atoms with van der Waals surface area (Å²) in [6.07, 6.45) is 3.32. The normalized spacial score (nSPS) is 12.4. The SMILES string of the molecule is O=C(NCc1cccnc1Oc1cccc(F)c1)C1=Cc2cc(Cl)ccc2OC1. The summed E-state index contributed by atoms with van der Waals surface area (Å²) in [5, 5.41) is 3.41. The number of pyridine rings is 1. The summed E-state index contributed by atoms with van der Waals surface area (Å²) >= 11 is 6.01. The number of ether oxygens (including phenoxy) is 2. The first-order valence-electron chi connectivity index (χ1n) is 8.87. The fourth-order valence-electron chi connectivity index (χ4n) is 2.86. The molecule has 2 aromatic carbocycles. The van der Waals surface area contributed by atoms with Crippen molar-refractivity contribution in [2.75, 3.05) is 6.61 Å². The van der Waals surface area contributed by atoms with Crippen molar-refractivity contribution in [3.8, 4) is 17.4 Å². The molecule has 3 aromatic rings. The van der Waals surface area contributed by atoms with Crippen LogP contribution in [0, 0.1) is 5.82 Å². The number of carbonyl (C=O) groups excluding carboxylic acids is 1. The summed E-state index contributed by atoms with van der Waals surface area (Å²) in [6.45, 7) is 0.358. The first-order valence-corrected chi connectivity index (χ1v) is 9.25. The number of benzene rings is 2. The molecule has 1 aliphatic rings. The number of rotatable bonds is 5. The number of fused-ring (bicyclic) bond motifs is 1. The van der Waals surface area contributed by atoms with Gasteiger partial charge in [-0.25, -0.2) is 9.37 Å². The van der Waals surface area contributed by atoms with Crippen LogP contribution in [0.1, 0.15) is 11.1 Å². The van der Waals surface area contributed by atoms with Crippen molar-refractivity contribution in [1.29, 1.82) is 0 Å². The maximum Gasteiger partial charge on any atom is 0.250 e. The summed E-state index contributed by atoms with van der Waals surface area (Å²) < 4.78 is 24.7. The van der Waals surface area contributed by atoms with Gasteiger partial charge in [0.1, 0.15) is 23.9 Å². The number of hydrogen-bond donors (Lipinski definition) is 1. The molecule has 7 heteroatoms. The van der Waals surface area contributed by atoms with Crippen molar-refractivity contribution in [2.45, 2.75) is 6.54 Å². The van der Waals surface area contributed by atoms with Crippen molar-refractivity contribution in [3.05, 3.63) is 88.3 Å². The topological polar surface area (TPSA) is 60.5 Å². The lowest BCUT2D eigenvalue weighted by Crippen LogP contribution is -2.28. The molecule has 0 saturated carbocycles. The molecule has 0 radical (unpaired) electrons. The van der Waals surface area contributed by atoms with E-state index in [-0.39, 0.29) is 19.1 Å². The number of aromatic nitrogens is 1. The van der Waals surface area contributed by atoms with E-state index in [1.165, 1.54) is 12.1 Å². The van der Waals surface area contributed by atoms with Gasteiger partial charge in [-0.2, -0.15) is 0 Å². The summed E-state index contributed by atoms with van der Waals surface area (Å²) in [5.74, 6) is 0.635. The van der Waals surface area contributed by atoms with Crippen LogP contribution in [-0.4, -0.2) is 17.5 Å². The van der Waals surface area contributed by atoms with Gasteiger partial charge in [-0.3, -0.25) is 4.79 Å². The highest BCUT2D eigenvalue weighted by atomic mass is 35.5. The largest absolute Gasteiger partial charge is 0.488 e. The van der Waals surface area contributed by atoms with Crippen LogP contribution in [0.3, 0.4) is 0 Å². The molecular weight excluding hydrogens is 395 g/mol. The molecule has 0 saturated heterocycles. The molecular formula is C22H16ClFN2O3. The van der Waals surface area contributed by atoms with Gasteiger partial charge in [-0.15, -0.1) is 0 Å². The third kappa shape index (κ3) is 4.55. The van der Waals surface area contributed by atoms with E-state index in [9.17, 15) is 9.18 Å². The van der Waals surface area contributed by atoms with Crippen molar-refractivity contribution in [3.63, 3.8) is 0 Å². The molecule has 0 fully saturated rings. The standard InChI is InChI=1S/C22H16ClFN2O3/c23-17-6-7-20-15(10-17)9-16(13-28-20)21(27)26-12-14-3-2-8-25-22(14)29-19-5-1-4-18(24)11-19/h1-11H,12-13H2,(H,26,27). The molecule has 0 spiro atoms. The Kier molecular flexibility index (Phi) is 5.44. The van der Waals surface area contributed by atoms with Gasteiger partial charge in [-0.1, -0.05) is 23.7 Å². The minimum Gasteiger partial charge on any atom is -0.488 e. The number of nitrogens with zero attached hydrogens (tertiary/aromatic N) is 1. The predicted molar refractivity (Wildman–Crippen MR) is 107 cm³/mol. The minimum absolute atomic E-state index is 0.167. The van der Waals surface area contributed by atoms with Crippen LogP contribution in [0.5, 0.6) is 17.4 Å². The fraction of sp³-hybridized carbons (Fsp3) is 0.0909. The second-order valence-electron chi connectivity index (χ2n) is 6.35. The predicted octanol–water partition coefficient (Wildman–Crippen LogP) is 4.76. The molecule has 2 heterocycles. The third-order valence-electron chi connectivity index (χ3n) is 4.28. The zero-order chi connectivity index (χ0) is 20.2. The quantitative estimate of drug-likeness (QED) is 0.659. The Bertz CT molecular complexity index is 1100. The van der Waals surface area contributed by atoms with Crippen molar-refractivity contribution < 1.29 is 18.7 Å². The van der Waals surface area contributed by atoms with Crippen molar-refractivity contribution >= 4 is 23.6 Å². The number of hydrogen-bond acceptors (Lipinski definition) is 4. The Balaban J connectivity index is 1.46. The van der Waals surface area contributed by atoms with Gasteiger partial charge in [0.25, 0.3) is 5.91 Å². The van der Waals surface area contributed by atoms with Gasteiger partial charge in [0.05, 0.1) is 5.57 Å². The number of amides is 1. The molecule has 0 aliphatic carbocycles. The van der Waals surface area contributed by atoms with Crippen LogP contribution in [0.25, 0.3) is 6.08 Å². The highest BCUT2D eigenvalue weighted by Crippen LogP contribution is 2.29. The van der Waals surface area contributed by atoms with E-state index in [1.807, 2.05) is 0 Å². The zero-order valence-electron chi connectivity index (χ0n) is 15.2. The molecule has 1 aliphatic heterocycles. The fourth-order valence-corrected chi connectivity index (χ4v) is 3.04. The van der Waals surface area contributed by atoms with Gasteiger partial charge in [0, 0.05) is 35.0 Å². The summed E-state index contributed by atoms with van der Waals surface area (Å²) in [7, 11) is 0. The summed E-state index contributed by atoms with van der Waals surface area (Å²) in [5.41, 5.74) is 1.90. The first-order chi connectivity index (χ1) is 14.1. The molecule has 29 heavy (non-hydrogen) atoms. The van der Waals surface area contributed by atoms with Crippen LogP contribution in [-0.2, 0) is 11.3 Å². The zero-order valence-corrected chi connectivity index (χ0v) is 15.9. The number of carbonyl (C=O) groups is 1. The Morgan fingerprint density at radius 2 is 2.10 bits per heavy atom. The van der Waals surface area contributed by atoms with Crippen LogP contribution in [0.2, 0.25) is 5.02 Å². The molecule has 0 unspecified atom stereocenters. The van der Waals surface area contributed by atoms with Crippen LogP contribution in [0.4, 0.5) is 4.39 Å². The van der Waals surface area contributed by atoms with E-state index in [1.54, 1.807) is 54.7 Å². The number of halogens is 2. The van der Waals surface area contributed by atoms with Gasteiger partial charge in [0.2, 0.25) is 5.88 Å². The summed E-state index contributed by atoms with van der Waals surface area (Å²) in [4.78, 5) is 16.8. The third-order valence-corrected chi connectivity index (χ3v) is 4.51. The van der Waals surface area contributed by atoms with E-state index < -0.39 is 5.82 Å². The smallest absolute Gasteiger partial charge is 0.250 e. The highest BCUT2D eigenvalue weighted by Gasteiger charge is 2.18. The lowest BCUT2D eigenvalue weighted by molar-refractivity contribution is -0.117. The number of nitrogens with one attached hydrogen (secondary N) is 1. The molecule has 1 N–H and O–H groups in total. The van der Waals surface area contributed by atoms with Crippen LogP contribution < -0.4 is 14.8 Å². The average molecular weight is 411 g/mol. The molecule has 5 nitrogen and oxygen atoms in total. The van der Waals surface area contributed by atoms with Gasteiger partial charge >= 0.3 is 0 Å². The van der Waals surface area contributed by atoms with E-state index in [4.69, 9.17) is 21.1 Å². The van der Waals surface area contributed by atoms with Crippen LogP contribution in [0.15, 0.2) is 66.4 Å². The lowest BCUT2D eigenvalue weighted by Gasteiger charge is -2.18. The van der Waals surface area contributed by atoms with Crippen molar-refractivity contribution in [2.24, 2.45) is 0 Å². The molecule has 1 aromatic heterocycles. The minimum atomic E-state index is -0.405. The van der Waals surface area contributed by atoms with Gasteiger partial charge in [-0.05, 0) is 42.5 Å². The average Bonchev–Trinajstić information content (AvgIpc) is 2.72. The van der Waals surface area contributed by atoms with E-state index >= 15 is 0 Å². The second kappa shape index (κ2) is 8.32. The molecule has 4 rings (SSSR count). The van der Waals surface area contributed by atoms with E-state index in [0.29, 0.717) is 33.5 Å². The first kappa shape index (κ1) is 19.0. The van der Waals surface area contributed by atoms with Gasteiger partial charge in [0.15, 0.2) is 0 Å². The molecule has 1 amide bonds. The Morgan fingerprint density at radius 1 is 1.21 bits per heavy atom. The Labute approximate surface area is 171 Å². The van der Waals surface area contributed by atoms with E-state index in [2.05, 4.69) is 10.3 Å². The Morgan fingerprint density at radius 3 is 2.97 bits per heavy atom. The highest BCUT2D eigenvalue weighted by molar-refractivity contribution is 6.30. The summed E-state index contributed by atoms with van der Waals surface area (Å²) in [6, 6.07) is 14.6. The molecule has 146 valence electrons. The van der Waals surface area contributed by atoms with Gasteiger partial charge < -0.3 is 14.8 Å². The maximum atomic E-state index is 13.4. The Hall–Kier alpha value is -3.38. The van der Waals surface area contributed by atoms with E-state index in [0.717, 1.165) is 5.56 Å². The second-order valence-corrected chi connectivity index (χ2v) is 6.79. The monoisotopic (exact) mass is 410 g/mol. The van der Waals surface area contributed by atoms with Crippen LogP contribution >= 0.6 is 11.6 Å². The maximum absolute atomic E-state index is 13.4. The lowest BCUT2D eigenvalue weighted by atomic mass is 10.1. The molecule has 0 atom stereocenters. The van der Waals surface area contributed by atoms with Crippen molar-refractivity contribution in [1.82, 2.24) is 10.3 Å².